The maximum Gasteiger partial charge on any atom is 0.165 e. The van der Waals surface area contributed by atoms with Crippen LogP contribution in [0, 0.1) is 11.6 Å². The van der Waals surface area contributed by atoms with Gasteiger partial charge in [0.2, 0.25) is 0 Å². The van der Waals surface area contributed by atoms with Crippen molar-refractivity contribution in [2.45, 2.75) is 12.5 Å². The van der Waals surface area contributed by atoms with Crippen LogP contribution in [0.2, 0.25) is 0 Å². The second kappa shape index (κ2) is 4.93. The second-order valence-electron chi connectivity index (χ2n) is 4.28. The molecule has 1 N–H and O–H groups in total. The monoisotopic (exact) mass is 265 g/mol. The number of benzene rings is 1. The summed E-state index contributed by atoms with van der Waals surface area (Å²) < 4.78 is 31.3. The van der Waals surface area contributed by atoms with E-state index in [0.717, 1.165) is 6.20 Å². The van der Waals surface area contributed by atoms with Gasteiger partial charge in [-0.25, -0.2) is 8.78 Å². The molecule has 0 radical (unpaired) electrons. The molecule has 0 amide bonds. The Labute approximate surface area is 109 Å². The first-order valence-corrected chi connectivity index (χ1v) is 5.63. The molecule has 0 spiro atoms. The molecule has 1 aromatic carbocycles. The van der Waals surface area contributed by atoms with Gasteiger partial charge in [-0.05, 0) is 36.8 Å². The van der Waals surface area contributed by atoms with Crippen LogP contribution < -0.4 is 4.74 Å². The first-order chi connectivity index (χ1) is 8.95. The Morgan fingerprint density at radius 1 is 1.21 bits per heavy atom. The first-order valence-electron chi connectivity index (χ1n) is 5.63. The number of methoxy groups -OCH3 is 1. The number of pyridine rings is 1. The van der Waals surface area contributed by atoms with Crippen molar-refractivity contribution in [3.05, 3.63) is 59.4 Å². The van der Waals surface area contributed by atoms with E-state index in [1.807, 2.05) is 0 Å². The highest BCUT2D eigenvalue weighted by atomic mass is 19.1. The van der Waals surface area contributed by atoms with Gasteiger partial charge >= 0.3 is 0 Å². The molecule has 2 aromatic rings. The molecule has 0 aliphatic heterocycles. The number of aliphatic hydroxyl groups is 1. The van der Waals surface area contributed by atoms with Crippen LogP contribution in [-0.4, -0.2) is 17.2 Å². The Hall–Kier alpha value is -2.01. The summed E-state index contributed by atoms with van der Waals surface area (Å²) in [4.78, 5) is 3.82. The highest BCUT2D eigenvalue weighted by Crippen LogP contribution is 2.30. The smallest absolute Gasteiger partial charge is 0.165 e. The molecule has 100 valence electrons. The van der Waals surface area contributed by atoms with Crippen molar-refractivity contribution in [2.75, 3.05) is 7.11 Å². The highest BCUT2D eigenvalue weighted by Gasteiger charge is 2.28. The van der Waals surface area contributed by atoms with Crippen LogP contribution >= 0.6 is 0 Å². The highest BCUT2D eigenvalue weighted by molar-refractivity contribution is 5.36. The first kappa shape index (κ1) is 13.4. The molecule has 0 bridgehead atoms. The van der Waals surface area contributed by atoms with Crippen molar-refractivity contribution in [3.63, 3.8) is 0 Å². The van der Waals surface area contributed by atoms with Crippen LogP contribution in [0.3, 0.4) is 0 Å². The Morgan fingerprint density at radius 3 is 2.47 bits per heavy atom. The van der Waals surface area contributed by atoms with Crippen molar-refractivity contribution in [1.82, 2.24) is 4.98 Å². The summed E-state index contributed by atoms with van der Waals surface area (Å²) in [6, 6.07) is 6.67. The van der Waals surface area contributed by atoms with Gasteiger partial charge in [0.05, 0.1) is 19.0 Å². The number of nitrogens with zero attached hydrogens (tertiary/aromatic N) is 1. The van der Waals surface area contributed by atoms with Crippen LogP contribution in [0.1, 0.15) is 18.2 Å². The molecule has 1 unspecified atom stereocenters. The van der Waals surface area contributed by atoms with E-state index in [0.29, 0.717) is 5.56 Å². The van der Waals surface area contributed by atoms with Gasteiger partial charge in [-0.1, -0.05) is 6.07 Å². The Morgan fingerprint density at radius 2 is 1.95 bits per heavy atom. The molecule has 0 aliphatic rings. The fraction of sp³-hybridized carbons (Fsp3) is 0.214. The fourth-order valence-corrected chi connectivity index (χ4v) is 1.78. The van der Waals surface area contributed by atoms with Crippen LogP contribution in [0.4, 0.5) is 8.78 Å². The molecule has 1 atom stereocenters. The Balaban J connectivity index is 2.43. The summed E-state index contributed by atoms with van der Waals surface area (Å²) in [5.74, 6) is -0.991. The lowest BCUT2D eigenvalue weighted by Gasteiger charge is -2.23. The number of halogens is 2. The average Bonchev–Trinajstić information content (AvgIpc) is 2.39. The lowest BCUT2D eigenvalue weighted by atomic mass is 9.92. The van der Waals surface area contributed by atoms with E-state index in [4.69, 9.17) is 4.74 Å². The molecule has 0 saturated carbocycles. The third-order valence-electron chi connectivity index (χ3n) is 2.94. The van der Waals surface area contributed by atoms with E-state index in [1.165, 1.54) is 44.4 Å². The van der Waals surface area contributed by atoms with E-state index >= 15 is 0 Å². The maximum atomic E-state index is 13.6. The summed E-state index contributed by atoms with van der Waals surface area (Å²) >= 11 is 0. The van der Waals surface area contributed by atoms with Gasteiger partial charge in [-0.15, -0.1) is 0 Å². The lowest BCUT2D eigenvalue weighted by Crippen LogP contribution is -2.24. The zero-order valence-corrected chi connectivity index (χ0v) is 10.5. The van der Waals surface area contributed by atoms with Gasteiger partial charge in [0, 0.05) is 0 Å². The lowest BCUT2D eigenvalue weighted by molar-refractivity contribution is 0.0968. The number of rotatable bonds is 3. The SMILES string of the molecule is COc1ccc(C(C)(O)c2ccc(F)cn2)cc1F. The number of aromatic nitrogens is 1. The minimum absolute atomic E-state index is 0.0895. The predicted octanol–water partition coefficient (Wildman–Crippen LogP) is 2.62. The summed E-state index contributed by atoms with van der Waals surface area (Å²) in [6.45, 7) is 1.47. The van der Waals surface area contributed by atoms with Crippen LogP contribution in [0.25, 0.3) is 0 Å². The van der Waals surface area contributed by atoms with Gasteiger partial charge < -0.3 is 9.84 Å². The van der Waals surface area contributed by atoms with Crippen molar-refractivity contribution < 1.29 is 18.6 Å². The van der Waals surface area contributed by atoms with E-state index in [9.17, 15) is 13.9 Å². The van der Waals surface area contributed by atoms with Crippen molar-refractivity contribution in [1.29, 1.82) is 0 Å². The zero-order valence-electron chi connectivity index (χ0n) is 10.5. The molecule has 0 aliphatic carbocycles. The molecule has 5 heteroatoms. The van der Waals surface area contributed by atoms with Gasteiger partial charge in [0.25, 0.3) is 0 Å². The van der Waals surface area contributed by atoms with Crippen molar-refractivity contribution in [3.8, 4) is 5.75 Å². The molecule has 1 heterocycles. The minimum Gasteiger partial charge on any atom is -0.494 e. The molecule has 19 heavy (non-hydrogen) atoms. The largest absolute Gasteiger partial charge is 0.494 e. The molecule has 0 fully saturated rings. The van der Waals surface area contributed by atoms with Crippen LogP contribution in [0.5, 0.6) is 5.75 Å². The van der Waals surface area contributed by atoms with Crippen molar-refractivity contribution >= 4 is 0 Å². The minimum atomic E-state index is -1.51. The van der Waals surface area contributed by atoms with E-state index < -0.39 is 17.2 Å². The number of hydrogen-bond donors (Lipinski definition) is 1. The summed E-state index contributed by atoms with van der Waals surface area (Å²) in [5.41, 5.74) is -0.968. The van der Waals surface area contributed by atoms with E-state index in [2.05, 4.69) is 4.98 Å². The topological polar surface area (TPSA) is 42.4 Å². The molecular formula is C14H13F2NO2. The van der Waals surface area contributed by atoms with Gasteiger partial charge in [-0.2, -0.15) is 0 Å². The van der Waals surface area contributed by atoms with Crippen molar-refractivity contribution in [2.24, 2.45) is 0 Å². The summed E-state index contributed by atoms with van der Waals surface area (Å²) in [6.07, 6.45) is 1.00. The normalized spacial score (nSPS) is 13.9. The fourth-order valence-electron chi connectivity index (χ4n) is 1.78. The maximum absolute atomic E-state index is 13.6. The predicted molar refractivity (Wildman–Crippen MR) is 65.8 cm³/mol. The van der Waals surface area contributed by atoms with Crippen LogP contribution in [-0.2, 0) is 5.60 Å². The third kappa shape index (κ3) is 2.56. The van der Waals surface area contributed by atoms with Gasteiger partial charge in [-0.3, -0.25) is 4.98 Å². The van der Waals surface area contributed by atoms with E-state index in [1.54, 1.807) is 0 Å². The molecule has 1 aromatic heterocycles. The molecule has 2 rings (SSSR count). The zero-order chi connectivity index (χ0) is 14.0. The van der Waals surface area contributed by atoms with Crippen LogP contribution in [0.15, 0.2) is 36.5 Å². The number of hydrogen-bond acceptors (Lipinski definition) is 3. The average molecular weight is 265 g/mol. The Bertz CT molecular complexity index is 582. The second-order valence-corrected chi connectivity index (χ2v) is 4.28. The molecular weight excluding hydrogens is 252 g/mol. The summed E-state index contributed by atoms with van der Waals surface area (Å²) in [5, 5.41) is 10.4. The van der Waals surface area contributed by atoms with E-state index in [-0.39, 0.29) is 11.4 Å². The number of ether oxygens (including phenoxy) is 1. The quantitative estimate of drug-likeness (QED) is 0.927. The summed E-state index contributed by atoms with van der Waals surface area (Å²) in [7, 11) is 1.36. The third-order valence-corrected chi connectivity index (χ3v) is 2.94. The molecule has 3 nitrogen and oxygen atoms in total. The molecule has 0 saturated heterocycles. The van der Waals surface area contributed by atoms with Gasteiger partial charge in [0.1, 0.15) is 11.4 Å². The van der Waals surface area contributed by atoms with Gasteiger partial charge in [0.15, 0.2) is 11.6 Å². The Kier molecular flexibility index (Phi) is 3.48. The standard InChI is InChI=1S/C14H13F2NO2/c1-14(18,13-6-4-10(15)8-17-13)9-3-5-12(19-2)11(16)7-9/h3-8,18H,1-2H3.